The van der Waals surface area contributed by atoms with E-state index in [0.29, 0.717) is 29.3 Å². The van der Waals surface area contributed by atoms with Gasteiger partial charge in [0.05, 0.1) is 5.69 Å². The second-order valence-electron chi connectivity index (χ2n) is 9.46. The molecule has 186 valence electrons. The van der Waals surface area contributed by atoms with Crippen molar-refractivity contribution in [2.24, 2.45) is 10.1 Å². The van der Waals surface area contributed by atoms with Crippen LogP contribution in [-0.2, 0) is 11.3 Å². The normalized spacial score (nSPS) is 20.9. The Morgan fingerprint density at radius 2 is 2.11 bits per heavy atom. The highest BCUT2D eigenvalue weighted by Crippen LogP contribution is 2.30. The topological polar surface area (TPSA) is 66.1 Å². The zero-order valence-corrected chi connectivity index (χ0v) is 21.0. The summed E-state index contributed by atoms with van der Waals surface area (Å²) in [5, 5.41) is 10.7. The zero-order chi connectivity index (χ0) is 24.9. The largest absolute Gasteiger partial charge is 0.335 e. The van der Waals surface area contributed by atoms with Gasteiger partial charge in [-0.3, -0.25) is 9.80 Å². The molecule has 2 aromatic rings. The minimum absolute atomic E-state index is 0.0731. The molecule has 4 rings (SSSR count). The van der Waals surface area contributed by atoms with Gasteiger partial charge in [0.15, 0.2) is 5.82 Å². The minimum atomic E-state index is -0.333. The molecule has 0 N–H and O–H groups in total. The standard InChI is InChI=1S/C27H35FN6O/c1-5-13-34-26(30-24(6-2)27(35)33-14-9-7-8-10-19(33)3)16-25(31-34)22-12-11-20(15-23(22)28)21-17-29-32(4)18-21/h6,11-12,15-17,19,21H,2,5,7-10,13-14,18H2,1,3-4H3/b30-24+/t19?,21-/m0/s1. The highest BCUT2D eigenvalue weighted by atomic mass is 19.1. The third-order valence-electron chi connectivity index (χ3n) is 6.76. The van der Waals surface area contributed by atoms with Crippen molar-refractivity contribution in [3.05, 3.63) is 48.3 Å². The summed E-state index contributed by atoms with van der Waals surface area (Å²) >= 11 is 0. The number of likely N-dealkylation sites (tertiary alicyclic amines) is 1. The third-order valence-corrected chi connectivity index (χ3v) is 6.76. The number of aliphatic imine (C=N–C) groups is 1. The van der Waals surface area contributed by atoms with Crippen molar-refractivity contribution >= 4 is 23.7 Å². The van der Waals surface area contributed by atoms with Crippen molar-refractivity contribution in [3.8, 4) is 11.3 Å². The number of hydrogen-bond acceptors (Lipinski definition) is 5. The molecule has 1 unspecified atom stereocenters. The molecule has 3 heterocycles. The van der Waals surface area contributed by atoms with E-state index >= 15 is 4.39 Å². The van der Waals surface area contributed by atoms with Crippen LogP contribution in [0.15, 0.2) is 47.0 Å². The van der Waals surface area contributed by atoms with E-state index in [1.807, 2.05) is 36.2 Å². The number of aromatic nitrogens is 2. The Hall–Kier alpha value is -3.29. The lowest BCUT2D eigenvalue weighted by Crippen LogP contribution is -2.41. The summed E-state index contributed by atoms with van der Waals surface area (Å²) in [6.07, 6.45) is 8.44. The monoisotopic (exact) mass is 478 g/mol. The number of likely N-dealkylation sites (N-methyl/N-ethyl adjacent to an activating group) is 1. The number of aryl methyl sites for hydroxylation is 1. The minimum Gasteiger partial charge on any atom is -0.335 e. The fourth-order valence-electron chi connectivity index (χ4n) is 4.77. The SMILES string of the molecule is C=C/C(=N\c1cc(-c2ccc([C@H]3C=NN(C)C3)cc2F)nn1CCC)C(=O)N1CCCCCC1C. The summed E-state index contributed by atoms with van der Waals surface area (Å²) in [4.78, 5) is 19.9. The van der Waals surface area contributed by atoms with Crippen LogP contribution in [0.5, 0.6) is 0 Å². The zero-order valence-electron chi connectivity index (χ0n) is 21.0. The van der Waals surface area contributed by atoms with Gasteiger partial charge in [0.25, 0.3) is 5.91 Å². The van der Waals surface area contributed by atoms with Crippen molar-refractivity contribution in [2.45, 2.75) is 64.5 Å². The van der Waals surface area contributed by atoms with Gasteiger partial charge in [-0.05, 0) is 50.0 Å². The van der Waals surface area contributed by atoms with Crippen LogP contribution in [0.2, 0.25) is 0 Å². The molecule has 8 heteroatoms. The predicted molar refractivity (Wildman–Crippen MR) is 139 cm³/mol. The van der Waals surface area contributed by atoms with Crippen molar-refractivity contribution < 1.29 is 9.18 Å². The molecule has 1 aromatic heterocycles. The van der Waals surface area contributed by atoms with Crippen molar-refractivity contribution in [3.63, 3.8) is 0 Å². The van der Waals surface area contributed by atoms with Crippen LogP contribution in [0.3, 0.4) is 0 Å². The van der Waals surface area contributed by atoms with E-state index in [1.165, 1.54) is 6.08 Å². The molecular formula is C27H35FN6O. The number of amides is 1. The Labute approximate surface area is 207 Å². The van der Waals surface area contributed by atoms with Crippen molar-refractivity contribution in [1.82, 2.24) is 19.7 Å². The molecule has 0 spiro atoms. The van der Waals surface area contributed by atoms with Gasteiger partial charge in [0.1, 0.15) is 11.5 Å². The Balaban J connectivity index is 1.64. The van der Waals surface area contributed by atoms with Crippen LogP contribution < -0.4 is 0 Å². The molecule has 1 fully saturated rings. The van der Waals surface area contributed by atoms with Crippen molar-refractivity contribution in [1.29, 1.82) is 0 Å². The molecule has 0 aliphatic carbocycles. The first-order chi connectivity index (χ1) is 16.9. The molecule has 0 radical (unpaired) electrons. The van der Waals surface area contributed by atoms with Gasteiger partial charge in [-0.1, -0.05) is 32.4 Å². The van der Waals surface area contributed by atoms with E-state index in [2.05, 4.69) is 28.7 Å². The molecule has 1 saturated heterocycles. The molecule has 1 amide bonds. The molecular weight excluding hydrogens is 443 g/mol. The summed E-state index contributed by atoms with van der Waals surface area (Å²) in [5.41, 5.74) is 2.09. The van der Waals surface area contributed by atoms with E-state index in [-0.39, 0.29) is 23.7 Å². The van der Waals surface area contributed by atoms with Crippen LogP contribution in [-0.4, -0.2) is 63.7 Å². The maximum atomic E-state index is 15.2. The van der Waals surface area contributed by atoms with E-state index < -0.39 is 0 Å². The summed E-state index contributed by atoms with van der Waals surface area (Å²) in [6.45, 7) is 10.1. The quantitative estimate of drug-likeness (QED) is 0.516. The summed E-state index contributed by atoms with van der Waals surface area (Å²) in [6, 6.07) is 7.17. The van der Waals surface area contributed by atoms with Crippen molar-refractivity contribution in [2.75, 3.05) is 20.1 Å². The van der Waals surface area contributed by atoms with Gasteiger partial charge in [-0.25, -0.2) is 14.1 Å². The lowest BCUT2D eigenvalue weighted by atomic mass is 9.98. The summed E-state index contributed by atoms with van der Waals surface area (Å²) in [7, 11) is 1.90. The number of nitrogens with zero attached hydrogens (tertiary/aromatic N) is 6. The first kappa shape index (κ1) is 24.8. The van der Waals surface area contributed by atoms with Gasteiger partial charge in [0, 0.05) is 56.5 Å². The van der Waals surface area contributed by atoms with Gasteiger partial charge >= 0.3 is 0 Å². The van der Waals surface area contributed by atoms with E-state index in [1.54, 1.807) is 22.9 Å². The van der Waals surface area contributed by atoms with Crippen LogP contribution in [0, 0.1) is 5.82 Å². The van der Waals surface area contributed by atoms with E-state index in [9.17, 15) is 4.79 Å². The summed E-state index contributed by atoms with van der Waals surface area (Å²) in [5.74, 6) is 0.156. The second-order valence-corrected chi connectivity index (χ2v) is 9.46. The van der Waals surface area contributed by atoms with E-state index in [0.717, 1.165) is 50.8 Å². The average Bonchev–Trinajstić information content (AvgIpc) is 3.38. The maximum absolute atomic E-state index is 15.2. The Morgan fingerprint density at radius 3 is 2.80 bits per heavy atom. The Kier molecular flexibility index (Phi) is 7.78. The highest BCUT2D eigenvalue weighted by molar-refractivity contribution is 6.43. The van der Waals surface area contributed by atoms with E-state index in [4.69, 9.17) is 0 Å². The fourth-order valence-corrected chi connectivity index (χ4v) is 4.77. The smallest absolute Gasteiger partial charge is 0.272 e. The Morgan fingerprint density at radius 1 is 1.29 bits per heavy atom. The molecule has 7 nitrogen and oxygen atoms in total. The highest BCUT2D eigenvalue weighted by Gasteiger charge is 2.25. The number of hydrazone groups is 1. The first-order valence-corrected chi connectivity index (χ1v) is 12.6. The van der Waals surface area contributed by atoms with Gasteiger partial charge in [-0.2, -0.15) is 10.2 Å². The number of hydrogen-bond donors (Lipinski definition) is 0. The summed E-state index contributed by atoms with van der Waals surface area (Å²) < 4.78 is 16.9. The van der Waals surface area contributed by atoms with Crippen LogP contribution in [0.4, 0.5) is 10.2 Å². The molecule has 2 aliphatic heterocycles. The number of carbonyl (C=O) groups is 1. The first-order valence-electron chi connectivity index (χ1n) is 12.6. The van der Waals surface area contributed by atoms with Crippen LogP contribution in [0.1, 0.15) is 57.4 Å². The number of carbonyl (C=O) groups excluding carboxylic acids is 1. The van der Waals surface area contributed by atoms with Gasteiger partial charge < -0.3 is 4.90 Å². The van der Waals surface area contributed by atoms with Gasteiger partial charge in [-0.15, -0.1) is 0 Å². The molecule has 2 atom stereocenters. The predicted octanol–water partition coefficient (Wildman–Crippen LogP) is 5.16. The Bertz CT molecular complexity index is 1140. The van der Waals surface area contributed by atoms with Gasteiger partial charge in [0.2, 0.25) is 0 Å². The molecule has 0 bridgehead atoms. The average molecular weight is 479 g/mol. The fraction of sp³-hybridized carbons (Fsp3) is 0.481. The number of halogens is 1. The lowest BCUT2D eigenvalue weighted by molar-refractivity contribution is -0.125. The van der Waals surface area contributed by atoms with Crippen LogP contribution in [0.25, 0.3) is 11.3 Å². The molecule has 35 heavy (non-hydrogen) atoms. The maximum Gasteiger partial charge on any atom is 0.272 e. The molecule has 0 saturated carbocycles. The third kappa shape index (κ3) is 5.52. The number of rotatable bonds is 7. The second kappa shape index (κ2) is 11.0. The molecule has 2 aliphatic rings. The lowest BCUT2D eigenvalue weighted by Gasteiger charge is -2.27. The number of benzene rings is 1. The van der Waals surface area contributed by atoms with Crippen LogP contribution >= 0.6 is 0 Å². The molecule has 1 aromatic carbocycles.